The van der Waals surface area contributed by atoms with Gasteiger partial charge in [0, 0.05) is 24.2 Å². The number of ether oxygens (including phenoxy) is 2. The van der Waals surface area contributed by atoms with Crippen LogP contribution < -0.4 is 13.8 Å². The number of esters is 1. The summed E-state index contributed by atoms with van der Waals surface area (Å²) in [6.45, 7) is 7.89. The standard InChI is InChI=1S/C36H35NO8S/c1-24-5-19-32(20-6-24)46(41,42)45-31-13-7-25(8-14-31)33(38)23-43-35(40)26-21-34(39)37(22-26)28-11-17-30(18-12-28)44-29-15-9-27(10-16-29)36(2,3)4/h5-20,26H,21-23H2,1-4H3/t26-/m1/s1. The Balaban J connectivity index is 1.11. The van der Waals surface area contributed by atoms with Gasteiger partial charge in [0.05, 0.1) is 5.92 Å². The molecule has 1 fully saturated rings. The zero-order valence-corrected chi connectivity index (χ0v) is 26.9. The third-order valence-corrected chi connectivity index (χ3v) is 8.86. The lowest BCUT2D eigenvalue weighted by molar-refractivity contribution is -0.147. The van der Waals surface area contributed by atoms with Crippen LogP contribution in [0.25, 0.3) is 0 Å². The molecule has 0 radical (unpaired) electrons. The van der Waals surface area contributed by atoms with Crippen molar-refractivity contribution in [1.29, 1.82) is 0 Å². The van der Waals surface area contributed by atoms with Crippen LogP contribution in [0.4, 0.5) is 5.69 Å². The molecule has 1 aliphatic heterocycles. The number of benzene rings is 4. The molecule has 0 N–H and O–H groups in total. The van der Waals surface area contributed by atoms with Gasteiger partial charge in [-0.1, -0.05) is 50.6 Å². The molecule has 4 aromatic rings. The topological polar surface area (TPSA) is 116 Å². The maximum absolute atomic E-state index is 12.8. The highest BCUT2D eigenvalue weighted by Gasteiger charge is 2.36. The van der Waals surface area contributed by atoms with Crippen LogP contribution in [0.2, 0.25) is 0 Å². The minimum atomic E-state index is -4.04. The first-order chi connectivity index (χ1) is 21.8. The molecule has 10 heteroatoms. The molecule has 0 unspecified atom stereocenters. The van der Waals surface area contributed by atoms with E-state index in [1.54, 1.807) is 36.4 Å². The van der Waals surface area contributed by atoms with E-state index in [2.05, 4.69) is 20.8 Å². The number of Topliss-reactive ketones (excluding diaryl/α,β-unsaturated/α-hetero) is 1. The summed E-state index contributed by atoms with van der Waals surface area (Å²) in [7, 11) is -4.04. The Bertz CT molecular complexity index is 1820. The van der Waals surface area contributed by atoms with E-state index in [4.69, 9.17) is 13.7 Å². The molecule has 0 aromatic heterocycles. The molecule has 9 nitrogen and oxygen atoms in total. The van der Waals surface area contributed by atoms with Crippen molar-refractivity contribution in [3.8, 4) is 17.2 Å². The molecule has 0 saturated carbocycles. The lowest BCUT2D eigenvalue weighted by Gasteiger charge is -2.19. The number of carbonyl (C=O) groups is 3. The second-order valence-electron chi connectivity index (χ2n) is 12.2. The van der Waals surface area contributed by atoms with Crippen LogP contribution in [0.3, 0.4) is 0 Å². The van der Waals surface area contributed by atoms with Crippen molar-refractivity contribution in [2.75, 3.05) is 18.1 Å². The van der Waals surface area contributed by atoms with Gasteiger partial charge >= 0.3 is 16.1 Å². The van der Waals surface area contributed by atoms with Crippen molar-refractivity contribution in [3.63, 3.8) is 0 Å². The predicted molar refractivity (Wildman–Crippen MR) is 173 cm³/mol. The van der Waals surface area contributed by atoms with E-state index in [0.29, 0.717) is 17.2 Å². The van der Waals surface area contributed by atoms with Crippen molar-refractivity contribution >= 4 is 33.5 Å². The van der Waals surface area contributed by atoms with Crippen molar-refractivity contribution in [2.45, 2.75) is 44.4 Å². The molecule has 4 aromatic carbocycles. The Labute approximate surface area is 268 Å². The minimum Gasteiger partial charge on any atom is -0.457 e. The molecule has 46 heavy (non-hydrogen) atoms. The quantitative estimate of drug-likeness (QED) is 0.108. The van der Waals surface area contributed by atoms with E-state index in [1.807, 2.05) is 31.2 Å². The summed E-state index contributed by atoms with van der Waals surface area (Å²) in [5.41, 5.74) is 2.99. The van der Waals surface area contributed by atoms with Crippen molar-refractivity contribution in [1.82, 2.24) is 0 Å². The molecule has 1 atom stereocenters. The lowest BCUT2D eigenvalue weighted by Crippen LogP contribution is -2.27. The second kappa shape index (κ2) is 13.2. The number of hydrogen-bond donors (Lipinski definition) is 0. The van der Waals surface area contributed by atoms with Crippen LogP contribution in [0.15, 0.2) is 102 Å². The fourth-order valence-electron chi connectivity index (χ4n) is 4.88. The van der Waals surface area contributed by atoms with Gasteiger partial charge in [0.25, 0.3) is 0 Å². The fourth-order valence-corrected chi connectivity index (χ4v) is 5.81. The van der Waals surface area contributed by atoms with Gasteiger partial charge in [0.1, 0.15) is 22.1 Å². The van der Waals surface area contributed by atoms with E-state index in [9.17, 15) is 22.8 Å². The maximum Gasteiger partial charge on any atom is 0.339 e. The molecule has 238 valence electrons. The van der Waals surface area contributed by atoms with Gasteiger partial charge in [0.15, 0.2) is 12.4 Å². The summed E-state index contributed by atoms with van der Waals surface area (Å²) in [5, 5.41) is 0. The van der Waals surface area contributed by atoms with Gasteiger partial charge in [-0.05, 0) is 90.7 Å². The molecular formula is C36H35NO8S. The predicted octanol–water partition coefficient (Wildman–Crippen LogP) is 6.63. The van der Waals surface area contributed by atoms with Crippen LogP contribution in [0.5, 0.6) is 17.2 Å². The van der Waals surface area contributed by atoms with Crippen LogP contribution in [-0.4, -0.2) is 39.2 Å². The zero-order valence-electron chi connectivity index (χ0n) is 26.1. The number of ketones is 1. The highest BCUT2D eigenvalue weighted by molar-refractivity contribution is 7.87. The minimum absolute atomic E-state index is 0.0120. The third-order valence-electron chi connectivity index (χ3n) is 7.60. The third kappa shape index (κ3) is 7.81. The van der Waals surface area contributed by atoms with E-state index in [1.165, 1.54) is 46.9 Å². The van der Waals surface area contributed by atoms with Crippen molar-refractivity contribution in [3.05, 3.63) is 114 Å². The van der Waals surface area contributed by atoms with Crippen LogP contribution in [0.1, 0.15) is 48.7 Å². The Morgan fingerprint density at radius 2 is 1.37 bits per heavy atom. The second-order valence-corrected chi connectivity index (χ2v) is 13.7. The van der Waals surface area contributed by atoms with Gasteiger partial charge in [-0.2, -0.15) is 8.42 Å². The van der Waals surface area contributed by atoms with Gasteiger partial charge in [-0.3, -0.25) is 14.4 Å². The van der Waals surface area contributed by atoms with Gasteiger partial charge in [-0.15, -0.1) is 0 Å². The molecule has 1 amide bonds. The summed E-state index contributed by atoms with van der Waals surface area (Å²) >= 11 is 0. The normalized spacial score (nSPS) is 15.0. The van der Waals surface area contributed by atoms with E-state index < -0.39 is 34.4 Å². The molecule has 0 bridgehead atoms. The summed E-state index contributed by atoms with van der Waals surface area (Å²) in [6.07, 6.45) is -0.0348. The number of hydrogen-bond acceptors (Lipinski definition) is 8. The molecule has 1 aliphatic rings. The number of aryl methyl sites for hydroxylation is 1. The van der Waals surface area contributed by atoms with Crippen LogP contribution >= 0.6 is 0 Å². The average molecular weight is 642 g/mol. The summed E-state index contributed by atoms with van der Waals surface area (Å²) < 4.78 is 41.4. The monoisotopic (exact) mass is 641 g/mol. The first kappa shape index (κ1) is 32.4. The van der Waals surface area contributed by atoms with Gasteiger partial charge in [0.2, 0.25) is 5.91 Å². The Morgan fingerprint density at radius 1 is 0.804 bits per heavy atom. The van der Waals surface area contributed by atoms with Crippen LogP contribution in [0, 0.1) is 12.8 Å². The van der Waals surface area contributed by atoms with Crippen LogP contribution in [-0.2, 0) is 29.9 Å². The largest absolute Gasteiger partial charge is 0.457 e. The van der Waals surface area contributed by atoms with Gasteiger partial charge in [-0.25, -0.2) is 0 Å². The molecule has 0 spiro atoms. The Kier molecular flexibility index (Phi) is 9.29. The molecule has 1 heterocycles. The number of rotatable bonds is 10. The number of nitrogens with zero attached hydrogens (tertiary/aromatic N) is 1. The first-order valence-corrected chi connectivity index (χ1v) is 16.2. The summed E-state index contributed by atoms with van der Waals surface area (Å²) in [4.78, 5) is 39.7. The van der Waals surface area contributed by atoms with E-state index in [0.717, 1.165) is 5.56 Å². The lowest BCUT2D eigenvalue weighted by atomic mass is 9.87. The summed E-state index contributed by atoms with van der Waals surface area (Å²) in [5.74, 6) is -0.728. The number of carbonyl (C=O) groups excluding carboxylic acids is 3. The highest BCUT2D eigenvalue weighted by Crippen LogP contribution is 2.31. The highest BCUT2D eigenvalue weighted by atomic mass is 32.2. The fraction of sp³-hybridized carbons (Fsp3) is 0.250. The maximum atomic E-state index is 12.8. The molecule has 0 aliphatic carbocycles. The number of amides is 1. The Morgan fingerprint density at radius 3 is 1.96 bits per heavy atom. The molecular weight excluding hydrogens is 606 g/mol. The zero-order chi connectivity index (χ0) is 33.1. The number of anilines is 1. The van der Waals surface area contributed by atoms with Gasteiger partial charge < -0.3 is 18.6 Å². The van der Waals surface area contributed by atoms with Crippen molar-refractivity contribution < 1.29 is 36.5 Å². The molecule has 5 rings (SSSR count). The SMILES string of the molecule is Cc1ccc(S(=O)(=O)Oc2ccc(C(=O)COC(=O)[C@@H]3CC(=O)N(c4ccc(Oc5ccc(C(C)(C)C)cc5)cc4)C3)cc2)cc1. The van der Waals surface area contributed by atoms with Crippen molar-refractivity contribution in [2.24, 2.45) is 5.92 Å². The Hall–Kier alpha value is -4.96. The average Bonchev–Trinajstić information content (AvgIpc) is 3.42. The first-order valence-electron chi connectivity index (χ1n) is 14.8. The summed E-state index contributed by atoms with van der Waals surface area (Å²) in [6, 6.07) is 26.7. The van der Waals surface area contributed by atoms with E-state index in [-0.39, 0.29) is 40.5 Å². The van der Waals surface area contributed by atoms with E-state index >= 15 is 0 Å². The molecule has 1 saturated heterocycles. The smallest absolute Gasteiger partial charge is 0.339 e.